The lowest BCUT2D eigenvalue weighted by Gasteiger charge is -2.08. The molecule has 0 aliphatic carbocycles. The molecule has 2 aromatic rings. The summed E-state index contributed by atoms with van der Waals surface area (Å²) in [7, 11) is 0. The van der Waals surface area contributed by atoms with Gasteiger partial charge in [0, 0.05) is 11.3 Å². The van der Waals surface area contributed by atoms with E-state index in [0.29, 0.717) is 5.82 Å². The molecule has 0 aliphatic rings. The summed E-state index contributed by atoms with van der Waals surface area (Å²) in [5, 5.41) is 0. The van der Waals surface area contributed by atoms with Crippen LogP contribution in [-0.4, -0.2) is 9.97 Å². The Labute approximate surface area is 95.4 Å². The number of aryl methyl sites for hydroxylation is 1. The van der Waals surface area contributed by atoms with Crippen molar-refractivity contribution in [3.63, 3.8) is 0 Å². The Morgan fingerprint density at radius 2 is 1.81 bits per heavy atom. The third-order valence-corrected chi connectivity index (χ3v) is 2.35. The SMILES string of the molecule is Cc1cc(-c2ccccc2)nc(C(C)N)n1. The number of benzene rings is 1. The minimum atomic E-state index is -0.137. The molecule has 0 radical (unpaired) electrons. The Bertz CT molecular complexity index is 478. The molecule has 0 saturated heterocycles. The molecule has 1 atom stereocenters. The number of hydrogen-bond acceptors (Lipinski definition) is 3. The first-order valence-electron chi connectivity index (χ1n) is 5.33. The molecule has 0 bridgehead atoms. The average Bonchev–Trinajstić information content (AvgIpc) is 2.29. The Kier molecular flexibility index (Phi) is 2.97. The van der Waals surface area contributed by atoms with Crippen LogP contribution in [0.4, 0.5) is 0 Å². The number of nitrogens with zero attached hydrogens (tertiary/aromatic N) is 2. The minimum Gasteiger partial charge on any atom is -0.322 e. The van der Waals surface area contributed by atoms with Crippen LogP contribution in [0.5, 0.6) is 0 Å². The molecule has 1 unspecified atom stereocenters. The lowest BCUT2D eigenvalue weighted by Crippen LogP contribution is -2.11. The highest BCUT2D eigenvalue weighted by atomic mass is 14.9. The normalized spacial score (nSPS) is 12.4. The van der Waals surface area contributed by atoms with E-state index >= 15 is 0 Å². The number of hydrogen-bond donors (Lipinski definition) is 1. The third-order valence-electron chi connectivity index (χ3n) is 2.35. The third kappa shape index (κ3) is 2.25. The molecule has 0 saturated carbocycles. The first-order chi connectivity index (χ1) is 7.66. The van der Waals surface area contributed by atoms with Gasteiger partial charge < -0.3 is 5.73 Å². The number of aromatic nitrogens is 2. The largest absolute Gasteiger partial charge is 0.322 e. The molecule has 82 valence electrons. The van der Waals surface area contributed by atoms with E-state index in [-0.39, 0.29) is 6.04 Å². The predicted molar refractivity (Wildman–Crippen MR) is 64.8 cm³/mol. The monoisotopic (exact) mass is 213 g/mol. The highest BCUT2D eigenvalue weighted by Crippen LogP contribution is 2.18. The maximum absolute atomic E-state index is 5.80. The zero-order chi connectivity index (χ0) is 11.5. The van der Waals surface area contributed by atoms with Crippen LogP contribution in [-0.2, 0) is 0 Å². The molecule has 0 spiro atoms. The molecule has 1 heterocycles. The second-order valence-electron chi connectivity index (χ2n) is 3.91. The number of nitrogens with two attached hydrogens (primary N) is 1. The molecule has 16 heavy (non-hydrogen) atoms. The molecular formula is C13H15N3. The van der Waals surface area contributed by atoms with Gasteiger partial charge in [-0.15, -0.1) is 0 Å². The quantitative estimate of drug-likeness (QED) is 0.833. The van der Waals surface area contributed by atoms with E-state index < -0.39 is 0 Å². The van der Waals surface area contributed by atoms with Gasteiger partial charge in [0.2, 0.25) is 0 Å². The van der Waals surface area contributed by atoms with Gasteiger partial charge in [-0.05, 0) is 19.9 Å². The molecule has 0 amide bonds. The summed E-state index contributed by atoms with van der Waals surface area (Å²) in [5.41, 5.74) is 8.77. The van der Waals surface area contributed by atoms with E-state index in [2.05, 4.69) is 9.97 Å². The minimum absolute atomic E-state index is 0.137. The van der Waals surface area contributed by atoms with Crippen LogP contribution < -0.4 is 5.73 Å². The van der Waals surface area contributed by atoms with E-state index in [1.165, 1.54) is 0 Å². The predicted octanol–water partition coefficient (Wildman–Crippen LogP) is 2.47. The van der Waals surface area contributed by atoms with Crippen LogP contribution in [0, 0.1) is 6.92 Å². The maximum atomic E-state index is 5.80. The molecule has 0 fully saturated rings. The van der Waals surface area contributed by atoms with Crippen molar-refractivity contribution in [2.75, 3.05) is 0 Å². The van der Waals surface area contributed by atoms with Crippen molar-refractivity contribution < 1.29 is 0 Å². The van der Waals surface area contributed by atoms with Crippen LogP contribution in [0.2, 0.25) is 0 Å². The molecule has 1 aromatic carbocycles. The van der Waals surface area contributed by atoms with Crippen molar-refractivity contribution in [3.05, 3.63) is 47.9 Å². The van der Waals surface area contributed by atoms with Crippen molar-refractivity contribution in [3.8, 4) is 11.3 Å². The van der Waals surface area contributed by atoms with Gasteiger partial charge in [0.15, 0.2) is 0 Å². The van der Waals surface area contributed by atoms with Crippen molar-refractivity contribution in [2.45, 2.75) is 19.9 Å². The first-order valence-corrected chi connectivity index (χ1v) is 5.33. The van der Waals surface area contributed by atoms with Gasteiger partial charge in [-0.3, -0.25) is 0 Å². The maximum Gasteiger partial charge on any atom is 0.145 e. The summed E-state index contributed by atoms with van der Waals surface area (Å²) >= 11 is 0. The second-order valence-corrected chi connectivity index (χ2v) is 3.91. The summed E-state index contributed by atoms with van der Waals surface area (Å²) in [6.07, 6.45) is 0. The van der Waals surface area contributed by atoms with Gasteiger partial charge in [-0.25, -0.2) is 9.97 Å². The Balaban J connectivity index is 2.50. The second kappa shape index (κ2) is 4.41. The first kappa shape index (κ1) is 10.8. The zero-order valence-corrected chi connectivity index (χ0v) is 9.51. The smallest absolute Gasteiger partial charge is 0.145 e. The van der Waals surface area contributed by atoms with E-state index in [0.717, 1.165) is 17.0 Å². The zero-order valence-electron chi connectivity index (χ0n) is 9.51. The standard InChI is InChI=1S/C13H15N3/c1-9-8-12(11-6-4-3-5-7-11)16-13(15-9)10(2)14/h3-8,10H,14H2,1-2H3. The molecule has 0 aliphatic heterocycles. The topological polar surface area (TPSA) is 51.8 Å². The van der Waals surface area contributed by atoms with Gasteiger partial charge in [-0.2, -0.15) is 0 Å². The number of rotatable bonds is 2. The highest BCUT2D eigenvalue weighted by Gasteiger charge is 2.07. The van der Waals surface area contributed by atoms with Crippen LogP contribution >= 0.6 is 0 Å². The summed E-state index contributed by atoms with van der Waals surface area (Å²) in [5.74, 6) is 0.693. The van der Waals surface area contributed by atoms with Crippen LogP contribution in [0.3, 0.4) is 0 Å². The Morgan fingerprint density at radius 3 is 2.44 bits per heavy atom. The van der Waals surface area contributed by atoms with Gasteiger partial charge >= 0.3 is 0 Å². The van der Waals surface area contributed by atoms with E-state index in [1.807, 2.05) is 50.2 Å². The highest BCUT2D eigenvalue weighted by molar-refractivity contribution is 5.59. The van der Waals surface area contributed by atoms with Crippen LogP contribution in [0.1, 0.15) is 24.5 Å². The van der Waals surface area contributed by atoms with Gasteiger partial charge in [0.1, 0.15) is 5.82 Å². The summed E-state index contributed by atoms with van der Waals surface area (Å²) in [6, 6.07) is 11.9. The van der Waals surface area contributed by atoms with Crippen LogP contribution in [0.15, 0.2) is 36.4 Å². The molecule has 2 rings (SSSR count). The van der Waals surface area contributed by atoms with Crippen LogP contribution in [0.25, 0.3) is 11.3 Å². The summed E-state index contributed by atoms with van der Waals surface area (Å²) in [6.45, 7) is 3.85. The van der Waals surface area contributed by atoms with Crippen molar-refractivity contribution in [2.24, 2.45) is 5.73 Å². The fourth-order valence-electron chi connectivity index (χ4n) is 1.55. The molecule has 3 nitrogen and oxygen atoms in total. The van der Waals surface area contributed by atoms with Crippen molar-refractivity contribution in [1.82, 2.24) is 9.97 Å². The molecule has 2 N–H and O–H groups in total. The lowest BCUT2D eigenvalue weighted by atomic mass is 10.1. The van der Waals surface area contributed by atoms with Gasteiger partial charge in [0.25, 0.3) is 0 Å². The average molecular weight is 213 g/mol. The fourth-order valence-corrected chi connectivity index (χ4v) is 1.55. The van der Waals surface area contributed by atoms with Crippen molar-refractivity contribution in [1.29, 1.82) is 0 Å². The molecular weight excluding hydrogens is 198 g/mol. The van der Waals surface area contributed by atoms with E-state index in [9.17, 15) is 0 Å². The molecule has 3 heteroatoms. The summed E-state index contributed by atoms with van der Waals surface area (Å²) < 4.78 is 0. The van der Waals surface area contributed by atoms with Gasteiger partial charge in [0.05, 0.1) is 11.7 Å². The van der Waals surface area contributed by atoms with E-state index in [4.69, 9.17) is 5.73 Å². The van der Waals surface area contributed by atoms with Gasteiger partial charge in [-0.1, -0.05) is 30.3 Å². The lowest BCUT2D eigenvalue weighted by molar-refractivity contribution is 0.735. The summed E-state index contributed by atoms with van der Waals surface area (Å²) in [4.78, 5) is 8.79. The fraction of sp³-hybridized carbons (Fsp3) is 0.231. The Morgan fingerprint density at radius 1 is 1.12 bits per heavy atom. The Hall–Kier alpha value is -1.74. The molecule has 1 aromatic heterocycles. The van der Waals surface area contributed by atoms with Crippen molar-refractivity contribution >= 4 is 0 Å². The van der Waals surface area contributed by atoms with E-state index in [1.54, 1.807) is 0 Å².